The van der Waals surface area contributed by atoms with Crippen LogP contribution in [-0.4, -0.2) is 0 Å². The molecule has 0 aromatic rings. The van der Waals surface area contributed by atoms with Gasteiger partial charge in [-0.05, 0) is 17.1 Å². The zero-order valence-electron chi connectivity index (χ0n) is 8.56. The summed E-state index contributed by atoms with van der Waals surface area (Å²) in [5.41, 5.74) is 1.67. The van der Waals surface area contributed by atoms with Crippen LogP contribution in [0.2, 0.25) is 0 Å². The van der Waals surface area contributed by atoms with Crippen LogP contribution in [0.5, 0.6) is 0 Å². The van der Waals surface area contributed by atoms with Crippen LogP contribution in [0.1, 0.15) is 20.8 Å². The number of hydrogen-bond acceptors (Lipinski definition) is 0. The summed E-state index contributed by atoms with van der Waals surface area (Å²) in [5, 5.41) is 0. The van der Waals surface area contributed by atoms with Gasteiger partial charge in [0.15, 0.2) is 0 Å². The van der Waals surface area contributed by atoms with E-state index in [1.807, 2.05) is 0 Å². The summed E-state index contributed by atoms with van der Waals surface area (Å²) < 4.78 is 0. The summed E-state index contributed by atoms with van der Waals surface area (Å²) in [6.07, 6.45) is 3.31. The fraction of sp³-hybridized carbons (Fsp3) is 0.333. The Morgan fingerprint density at radius 1 is 0.917 bits per heavy atom. The van der Waals surface area contributed by atoms with E-state index in [0.717, 1.165) is 17.1 Å². The number of allylic oxidation sites excluding steroid dienone is 4. The van der Waals surface area contributed by atoms with E-state index in [1.54, 1.807) is 12.2 Å². The smallest absolute Gasteiger partial charge is 0.0268 e. The van der Waals surface area contributed by atoms with E-state index in [0.29, 0.717) is 0 Å². The molecule has 0 aromatic heterocycles. The summed E-state index contributed by atoms with van der Waals surface area (Å²) in [6.45, 7) is 20.9. The third-order valence-corrected chi connectivity index (χ3v) is 0.905. The van der Waals surface area contributed by atoms with Crippen molar-refractivity contribution in [3.63, 3.8) is 0 Å². The molecule has 12 heavy (non-hydrogen) atoms. The molecule has 0 atom stereocenters. The van der Waals surface area contributed by atoms with E-state index >= 15 is 0 Å². The first-order chi connectivity index (χ1) is 5.45. The molecule has 0 aliphatic heterocycles. The fourth-order valence-corrected chi connectivity index (χ4v) is 0.262. The fourth-order valence-electron chi connectivity index (χ4n) is 0.262. The molecule has 0 rings (SSSR count). The minimum Gasteiger partial charge on any atom is -0.0985 e. The van der Waals surface area contributed by atoms with Crippen molar-refractivity contribution in [2.75, 3.05) is 0 Å². The second-order valence-electron chi connectivity index (χ2n) is 3.19. The zero-order valence-corrected chi connectivity index (χ0v) is 8.56. The maximum atomic E-state index is 3.66. The number of rotatable bonds is 3. The van der Waals surface area contributed by atoms with E-state index < -0.39 is 0 Å². The highest BCUT2D eigenvalue weighted by Gasteiger charge is 1.84. The second kappa shape index (κ2) is 8.06. The maximum absolute atomic E-state index is 3.66. The lowest BCUT2D eigenvalue weighted by Gasteiger charge is -1.93. The Morgan fingerprint density at radius 3 is 1.17 bits per heavy atom. The average molecular weight is 164 g/mol. The Labute approximate surface area is 77.0 Å². The minimum absolute atomic E-state index is 0.833. The maximum Gasteiger partial charge on any atom is -0.0268 e. The molecule has 0 heteroatoms. The molecule has 0 amide bonds. The van der Waals surface area contributed by atoms with Gasteiger partial charge in [0.25, 0.3) is 0 Å². The molecule has 0 aliphatic rings. The summed E-state index contributed by atoms with van der Waals surface area (Å²) in [6, 6.07) is 0. The van der Waals surface area contributed by atoms with E-state index in [9.17, 15) is 0 Å². The highest BCUT2D eigenvalue weighted by Crippen LogP contribution is 2.04. The lowest BCUT2D eigenvalue weighted by atomic mass is 10.1. The van der Waals surface area contributed by atoms with Gasteiger partial charge >= 0.3 is 0 Å². The quantitative estimate of drug-likeness (QED) is 0.550. The topological polar surface area (TPSA) is 0 Å². The van der Waals surface area contributed by atoms with Crippen LogP contribution in [0.4, 0.5) is 0 Å². The second-order valence-corrected chi connectivity index (χ2v) is 3.19. The molecule has 0 radical (unpaired) electrons. The van der Waals surface area contributed by atoms with Crippen LogP contribution in [0.25, 0.3) is 0 Å². The van der Waals surface area contributed by atoms with Gasteiger partial charge in [-0.1, -0.05) is 59.2 Å². The van der Waals surface area contributed by atoms with Gasteiger partial charge in [-0.3, -0.25) is 0 Å². The molecule has 0 spiro atoms. The van der Waals surface area contributed by atoms with Crippen molar-refractivity contribution < 1.29 is 0 Å². The van der Waals surface area contributed by atoms with Crippen molar-refractivity contribution in [2.45, 2.75) is 20.8 Å². The van der Waals surface area contributed by atoms with Crippen LogP contribution < -0.4 is 0 Å². The summed E-state index contributed by atoms with van der Waals surface area (Å²) in [4.78, 5) is 0. The molecular weight excluding hydrogens is 144 g/mol. The van der Waals surface area contributed by atoms with Crippen LogP contribution in [0, 0.1) is 5.92 Å². The molecule has 0 unspecified atom stereocenters. The van der Waals surface area contributed by atoms with Crippen molar-refractivity contribution in [1.82, 2.24) is 0 Å². The lowest BCUT2D eigenvalue weighted by Crippen LogP contribution is -1.73. The minimum atomic E-state index is 0.833. The third kappa shape index (κ3) is 11.7. The van der Waals surface area contributed by atoms with Gasteiger partial charge in [0, 0.05) is 0 Å². The highest BCUT2D eigenvalue weighted by molar-refractivity contribution is 5.40. The Morgan fingerprint density at radius 2 is 1.08 bits per heavy atom. The van der Waals surface area contributed by atoms with E-state index in [4.69, 9.17) is 0 Å². The lowest BCUT2D eigenvalue weighted by molar-refractivity contribution is 0.737. The predicted octanol–water partition coefficient (Wildman–Crippen LogP) is 4.13. The SMILES string of the molecule is C=CC(=C)C(=C)C=C.CC(C)C. The Hall–Kier alpha value is -1.04. The van der Waals surface area contributed by atoms with Crippen molar-refractivity contribution in [2.24, 2.45) is 5.92 Å². The molecule has 0 heterocycles. The molecule has 0 nitrogen and oxygen atoms in total. The molecule has 0 aromatic carbocycles. The Balaban J connectivity index is 0. The predicted molar refractivity (Wildman–Crippen MR) is 59.2 cm³/mol. The van der Waals surface area contributed by atoms with Gasteiger partial charge in [0.05, 0.1) is 0 Å². The van der Waals surface area contributed by atoms with Gasteiger partial charge in [0.1, 0.15) is 0 Å². The van der Waals surface area contributed by atoms with E-state index in [1.165, 1.54) is 0 Å². The van der Waals surface area contributed by atoms with E-state index in [-0.39, 0.29) is 0 Å². The molecule has 68 valence electrons. The van der Waals surface area contributed by atoms with Crippen LogP contribution in [-0.2, 0) is 0 Å². The molecule has 0 bridgehead atoms. The van der Waals surface area contributed by atoms with Crippen molar-refractivity contribution in [3.05, 3.63) is 49.6 Å². The molecule has 0 aliphatic carbocycles. The summed E-state index contributed by atoms with van der Waals surface area (Å²) >= 11 is 0. The van der Waals surface area contributed by atoms with Crippen LogP contribution in [0.3, 0.4) is 0 Å². The molecule has 0 N–H and O–H groups in total. The van der Waals surface area contributed by atoms with Gasteiger partial charge in [0.2, 0.25) is 0 Å². The first kappa shape index (κ1) is 13.5. The largest absolute Gasteiger partial charge is 0.0985 e. The highest BCUT2D eigenvalue weighted by atomic mass is 13.9. The first-order valence-corrected chi connectivity index (χ1v) is 4.08. The Bertz CT molecular complexity index is 150. The Kier molecular flexibility index (Phi) is 9.10. The first-order valence-electron chi connectivity index (χ1n) is 4.08. The normalized spacial score (nSPS) is 8.00. The van der Waals surface area contributed by atoms with Crippen molar-refractivity contribution in [3.8, 4) is 0 Å². The van der Waals surface area contributed by atoms with Gasteiger partial charge in [-0.15, -0.1) is 0 Å². The molecule has 0 saturated heterocycles. The standard InChI is InChI=1S/C8H10.C4H10/c1-5-7(3)8(4)6-2;1-4(2)3/h5-6H,1-4H2;4H,1-3H3. The van der Waals surface area contributed by atoms with Crippen LogP contribution >= 0.6 is 0 Å². The van der Waals surface area contributed by atoms with Crippen molar-refractivity contribution >= 4 is 0 Å². The van der Waals surface area contributed by atoms with Crippen LogP contribution in [0.15, 0.2) is 49.6 Å². The zero-order chi connectivity index (χ0) is 10.1. The molecule has 0 saturated carbocycles. The van der Waals surface area contributed by atoms with E-state index in [2.05, 4.69) is 47.1 Å². The van der Waals surface area contributed by atoms with Crippen molar-refractivity contribution in [1.29, 1.82) is 0 Å². The summed E-state index contributed by atoms with van der Waals surface area (Å²) in [5.74, 6) is 0.833. The average Bonchev–Trinajstić information content (AvgIpc) is 2.00. The number of hydrogen-bond donors (Lipinski definition) is 0. The van der Waals surface area contributed by atoms with Gasteiger partial charge in [-0.25, -0.2) is 0 Å². The third-order valence-electron chi connectivity index (χ3n) is 0.905. The summed E-state index contributed by atoms with van der Waals surface area (Å²) in [7, 11) is 0. The van der Waals surface area contributed by atoms with Gasteiger partial charge in [-0.2, -0.15) is 0 Å². The monoisotopic (exact) mass is 164 g/mol. The van der Waals surface area contributed by atoms with Gasteiger partial charge < -0.3 is 0 Å². The molecular formula is C12H20. The molecule has 0 fully saturated rings.